The van der Waals surface area contributed by atoms with Crippen LogP contribution in [-0.4, -0.2) is 13.1 Å². The van der Waals surface area contributed by atoms with E-state index in [0.717, 1.165) is 11.3 Å². The lowest BCUT2D eigenvalue weighted by atomic mass is 10.2. The van der Waals surface area contributed by atoms with E-state index in [9.17, 15) is 4.79 Å². The molecular formula is C15H14Cl2N2O2. The predicted octanol–water partition coefficient (Wildman–Crippen LogP) is 4.32. The van der Waals surface area contributed by atoms with E-state index in [1.54, 1.807) is 25.3 Å². The third-order valence-electron chi connectivity index (χ3n) is 2.71. The van der Waals surface area contributed by atoms with Gasteiger partial charge >= 0.3 is 6.03 Å². The molecule has 2 aromatic carbocycles. The highest BCUT2D eigenvalue weighted by molar-refractivity contribution is 6.35. The zero-order valence-electron chi connectivity index (χ0n) is 11.3. The van der Waals surface area contributed by atoms with E-state index in [4.69, 9.17) is 27.9 Å². The monoisotopic (exact) mass is 324 g/mol. The Morgan fingerprint density at radius 2 is 1.86 bits per heavy atom. The molecule has 0 bridgehead atoms. The third kappa shape index (κ3) is 4.85. The number of hydrogen-bond acceptors (Lipinski definition) is 2. The molecule has 0 spiro atoms. The molecule has 0 unspecified atom stereocenters. The molecule has 21 heavy (non-hydrogen) atoms. The summed E-state index contributed by atoms with van der Waals surface area (Å²) in [7, 11) is 1.60. The molecule has 0 aliphatic carbocycles. The van der Waals surface area contributed by atoms with E-state index in [1.165, 1.54) is 0 Å². The van der Waals surface area contributed by atoms with Crippen LogP contribution in [0.5, 0.6) is 5.75 Å². The van der Waals surface area contributed by atoms with E-state index < -0.39 is 0 Å². The van der Waals surface area contributed by atoms with Gasteiger partial charge in [-0.3, -0.25) is 0 Å². The van der Waals surface area contributed by atoms with E-state index in [0.29, 0.717) is 22.3 Å². The molecule has 0 aliphatic rings. The summed E-state index contributed by atoms with van der Waals surface area (Å²) in [6, 6.07) is 12.0. The zero-order valence-corrected chi connectivity index (χ0v) is 12.8. The highest BCUT2D eigenvalue weighted by Gasteiger charge is 2.04. The Balaban J connectivity index is 1.92. The number of methoxy groups -OCH3 is 1. The van der Waals surface area contributed by atoms with Gasteiger partial charge in [0.05, 0.1) is 7.11 Å². The normalized spacial score (nSPS) is 10.0. The van der Waals surface area contributed by atoms with Gasteiger partial charge in [0.2, 0.25) is 0 Å². The Hall–Kier alpha value is -1.91. The minimum Gasteiger partial charge on any atom is -0.497 e. The number of benzene rings is 2. The van der Waals surface area contributed by atoms with Crippen molar-refractivity contribution in [2.24, 2.45) is 0 Å². The van der Waals surface area contributed by atoms with E-state index in [2.05, 4.69) is 10.6 Å². The topological polar surface area (TPSA) is 50.4 Å². The Morgan fingerprint density at radius 3 is 2.52 bits per heavy atom. The second-order valence-electron chi connectivity index (χ2n) is 4.32. The number of ether oxygens (including phenoxy) is 1. The molecule has 0 fully saturated rings. The van der Waals surface area contributed by atoms with Crippen LogP contribution in [0.25, 0.3) is 0 Å². The van der Waals surface area contributed by atoms with E-state index >= 15 is 0 Å². The SMILES string of the molecule is COc1cccc(CNC(=O)Nc2cc(Cl)cc(Cl)c2)c1. The van der Waals surface area contributed by atoms with Crippen molar-refractivity contribution in [2.75, 3.05) is 12.4 Å². The van der Waals surface area contributed by atoms with Crippen LogP contribution >= 0.6 is 23.2 Å². The van der Waals surface area contributed by atoms with Crippen LogP contribution in [0.2, 0.25) is 10.0 Å². The van der Waals surface area contributed by atoms with Crippen LogP contribution in [-0.2, 0) is 6.54 Å². The number of urea groups is 1. The lowest BCUT2D eigenvalue weighted by molar-refractivity contribution is 0.251. The summed E-state index contributed by atoms with van der Waals surface area (Å²) in [5, 5.41) is 6.35. The number of nitrogens with one attached hydrogen (secondary N) is 2. The lowest BCUT2D eigenvalue weighted by Gasteiger charge is -2.09. The molecule has 0 saturated carbocycles. The van der Waals surface area contributed by atoms with Crippen molar-refractivity contribution in [3.63, 3.8) is 0 Å². The first-order valence-electron chi connectivity index (χ1n) is 6.20. The van der Waals surface area contributed by atoms with Gasteiger partial charge in [-0.25, -0.2) is 4.79 Å². The summed E-state index contributed by atoms with van der Waals surface area (Å²) in [6.07, 6.45) is 0. The van der Waals surface area contributed by atoms with E-state index in [1.807, 2.05) is 24.3 Å². The fourth-order valence-corrected chi connectivity index (χ4v) is 2.29. The molecule has 2 aromatic rings. The highest BCUT2D eigenvalue weighted by atomic mass is 35.5. The first-order chi connectivity index (χ1) is 10.1. The second kappa shape index (κ2) is 7.20. The standard InChI is InChI=1S/C15H14Cl2N2O2/c1-21-14-4-2-3-10(5-14)9-18-15(20)19-13-7-11(16)6-12(17)8-13/h2-8H,9H2,1H3,(H2,18,19,20). The molecule has 2 N–H and O–H groups in total. The number of rotatable bonds is 4. The zero-order chi connectivity index (χ0) is 15.2. The average Bonchev–Trinajstić information content (AvgIpc) is 2.44. The molecule has 110 valence electrons. The van der Waals surface area contributed by atoms with Gasteiger partial charge in [-0.05, 0) is 35.9 Å². The first kappa shape index (κ1) is 15.5. The Morgan fingerprint density at radius 1 is 1.14 bits per heavy atom. The van der Waals surface area contributed by atoms with Crippen LogP contribution in [0.3, 0.4) is 0 Å². The van der Waals surface area contributed by atoms with Crippen molar-refractivity contribution < 1.29 is 9.53 Å². The fraction of sp³-hybridized carbons (Fsp3) is 0.133. The number of amides is 2. The quantitative estimate of drug-likeness (QED) is 0.879. The van der Waals surface area contributed by atoms with Crippen LogP contribution in [0.15, 0.2) is 42.5 Å². The molecule has 0 radical (unpaired) electrons. The summed E-state index contributed by atoms with van der Waals surface area (Å²) >= 11 is 11.7. The smallest absolute Gasteiger partial charge is 0.319 e. The van der Waals surface area contributed by atoms with Crippen LogP contribution in [0, 0.1) is 0 Å². The fourth-order valence-electron chi connectivity index (χ4n) is 1.77. The average molecular weight is 325 g/mol. The highest BCUT2D eigenvalue weighted by Crippen LogP contribution is 2.22. The van der Waals surface area contributed by atoms with E-state index in [-0.39, 0.29) is 6.03 Å². The molecule has 2 rings (SSSR count). The number of carbonyl (C=O) groups excluding carboxylic acids is 1. The van der Waals surface area contributed by atoms with Crippen molar-refractivity contribution >= 4 is 34.9 Å². The van der Waals surface area contributed by atoms with Crippen LogP contribution in [0.4, 0.5) is 10.5 Å². The number of anilines is 1. The Bertz CT molecular complexity index is 627. The van der Waals surface area contributed by atoms with Gasteiger partial charge in [-0.1, -0.05) is 35.3 Å². The third-order valence-corrected chi connectivity index (χ3v) is 3.14. The van der Waals surface area contributed by atoms with Gasteiger partial charge in [-0.2, -0.15) is 0 Å². The van der Waals surface area contributed by atoms with Crippen LogP contribution in [0.1, 0.15) is 5.56 Å². The summed E-state index contributed by atoms with van der Waals surface area (Å²) in [5.41, 5.74) is 1.48. The number of halogens is 2. The predicted molar refractivity (Wildman–Crippen MR) is 85.3 cm³/mol. The van der Waals surface area contributed by atoms with Gasteiger partial charge in [0.25, 0.3) is 0 Å². The minimum absolute atomic E-state index is 0.337. The van der Waals surface area contributed by atoms with Gasteiger partial charge < -0.3 is 15.4 Å². The van der Waals surface area contributed by atoms with Crippen molar-refractivity contribution in [3.05, 3.63) is 58.1 Å². The first-order valence-corrected chi connectivity index (χ1v) is 6.96. The van der Waals surface area contributed by atoms with Crippen molar-refractivity contribution in [1.29, 1.82) is 0 Å². The van der Waals surface area contributed by atoms with Gasteiger partial charge in [0, 0.05) is 22.3 Å². The van der Waals surface area contributed by atoms with Crippen molar-refractivity contribution in [1.82, 2.24) is 5.32 Å². The second-order valence-corrected chi connectivity index (χ2v) is 5.19. The minimum atomic E-state index is -0.337. The van der Waals surface area contributed by atoms with Gasteiger partial charge in [0.1, 0.15) is 5.75 Å². The molecule has 0 atom stereocenters. The Labute approximate surface area is 133 Å². The summed E-state index contributed by atoms with van der Waals surface area (Å²) in [4.78, 5) is 11.8. The molecule has 6 heteroatoms. The number of hydrogen-bond donors (Lipinski definition) is 2. The molecule has 2 amide bonds. The molecule has 0 aliphatic heterocycles. The summed E-state index contributed by atoms with van der Waals surface area (Å²) < 4.78 is 5.13. The van der Waals surface area contributed by atoms with Crippen molar-refractivity contribution in [2.45, 2.75) is 6.54 Å². The Kier molecular flexibility index (Phi) is 5.31. The molecule has 0 aromatic heterocycles. The summed E-state index contributed by atoms with van der Waals surface area (Å²) in [6.45, 7) is 0.386. The molecular weight excluding hydrogens is 311 g/mol. The lowest BCUT2D eigenvalue weighted by Crippen LogP contribution is -2.28. The molecule has 4 nitrogen and oxygen atoms in total. The number of carbonyl (C=O) groups is 1. The van der Waals surface area contributed by atoms with Gasteiger partial charge in [-0.15, -0.1) is 0 Å². The van der Waals surface area contributed by atoms with Gasteiger partial charge in [0.15, 0.2) is 0 Å². The molecule has 0 heterocycles. The maximum absolute atomic E-state index is 11.8. The largest absolute Gasteiger partial charge is 0.497 e. The summed E-state index contributed by atoms with van der Waals surface area (Å²) in [5.74, 6) is 0.747. The van der Waals surface area contributed by atoms with Crippen molar-refractivity contribution in [3.8, 4) is 5.75 Å². The van der Waals surface area contributed by atoms with Crippen LogP contribution < -0.4 is 15.4 Å². The maximum Gasteiger partial charge on any atom is 0.319 e. The molecule has 0 saturated heterocycles. The maximum atomic E-state index is 11.8.